The molecule has 7 heteroatoms. The first-order chi connectivity index (χ1) is 9.77. The Balaban J connectivity index is 2.17. The highest BCUT2D eigenvalue weighted by atomic mass is 19.4. The van der Waals surface area contributed by atoms with Gasteiger partial charge in [0.25, 0.3) is 0 Å². The van der Waals surface area contributed by atoms with Crippen molar-refractivity contribution in [1.82, 2.24) is 0 Å². The van der Waals surface area contributed by atoms with Gasteiger partial charge >= 0.3 is 6.18 Å². The predicted molar refractivity (Wildman–Crippen MR) is 66.8 cm³/mol. The van der Waals surface area contributed by atoms with Crippen LogP contribution in [0.15, 0.2) is 36.4 Å². The van der Waals surface area contributed by atoms with Gasteiger partial charge in [-0.25, -0.2) is 8.78 Å². The Morgan fingerprint density at radius 2 is 1.67 bits per heavy atom. The minimum absolute atomic E-state index is 0.0879. The highest BCUT2D eigenvalue weighted by molar-refractivity contribution is 5.48. The summed E-state index contributed by atoms with van der Waals surface area (Å²) < 4.78 is 64.2. The topological polar surface area (TPSA) is 32.3 Å². The van der Waals surface area contributed by atoms with Gasteiger partial charge in [0, 0.05) is 6.54 Å². The Morgan fingerprint density at radius 3 is 2.29 bits per heavy atom. The van der Waals surface area contributed by atoms with E-state index in [9.17, 15) is 22.0 Å². The summed E-state index contributed by atoms with van der Waals surface area (Å²) in [5, 5.41) is 11.5. The molecule has 0 amide bonds. The van der Waals surface area contributed by atoms with Crippen molar-refractivity contribution in [3.05, 3.63) is 59.2 Å². The van der Waals surface area contributed by atoms with E-state index in [1.807, 2.05) is 0 Å². The molecule has 0 saturated heterocycles. The van der Waals surface area contributed by atoms with Crippen LogP contribution in [-0.2, 0) is 12.7 Å². The van der Waals surface area contributed by atoms with E-state index in [-0.39, 0.29) is 12.2 Å². The van der Waals surface area contributed by atoms with Crippen molar-refractivity contribution in [3.63, 3.8) is 0 Å². The van der Waals surface area contributed by atoms with Crippen molar-refractivity contribution in [3.8, 4) is 5.75 Å². The molecule has 0 aliphatic rings. The van der Waals surface area contributed by atoms with Crippen LogP contribution in [0, 0.1) is 11.6 Å². The fourth-order valence-corrected chi connectivity index (χ4v) is 1.69. The fraction of sp³-hybridized carbons (Fsp3) is 0.143. The van der Waals surface area contributed by atoms with Gasteiger partial charge in [0.15, 0.2) is 11.6 Å². The van der Waals surface area contributed by atoms with Crippen LogP contribution >= 0.6 is 0 Å². The van der Waals surface area contributed by atoms with Gasteiger partial charge in [-0.2, -0.15) is 13.2 Å². The molecule has 0 unspecified atom stereocenters. The van der Waals surface area contributed by atoms with Gasteiger partial charge in [-0.05, 0) is 35.9 Å². The number of alkyl halides is 3. The second-order valence-corrected chi connectivity index (χ2v) is 4.33. The summed E-state index contributed by atoms with van der Waals surface area (Å²) in [6.45, 7) is -0.0879. The van der Waals surface area contributed by atoms with E-state index in [1.54, 1.807) is 0 Å². The Kier molecular flexibility index (Phi) is 4.02. The van der Waals surface area contributed by atoms with Gasteiger partial charge in [0.05, 0.1) is 11.3 Å². The molecule has 2 N–H and O–H groups in total. The van der Waals surface area contributed by atoms with Gasteiger partial charge in [0.1, 0.15) is 5.82 Å². The number of aromatic hydroxyl groups is 1. The van der Waals surface area contributed by atoms with Gasteiger partial charge in [-0.15, -0.1) is 0 Å². The summed E-state index contributed by atoms with van der Waals surface area (Å²) in [6.07, 6.45) is -4.57. The second kappa shape index (κ2) is 5.59. The number of anilines is 1. The first-order valence-electron chi connectivity index (χ1n) is 5.85. The predicted octanol–water partition coefficient (Wildman–Crippen LogP) is 4.30. The molecule has 0 spiro atoms. The molecule has 2 aromatic rings. The Labute approximate surface area is 116 Å². The molecule has 0 saturated carbocycles. The zero-order chi connectivity index (χ0) is 15.6. The summed E-state index contributed by atoms with van der Waals surface area (Å²) in [4.78, 5) is 0. The third-order valence-corrected chi connectivity index (χ3v) is 2.79. The molecule has 0 bridgehead atoms. The number of hydrogen-bond donors (Lipinski definition) is 2. The molecule has 0 aliphatic carbocycles. The lowest BCUT2D eigenvalue weighted by molar-refractivity contribution is -0.137. The number of nitrogens with one attached hydrogen (secondary N) is 1. The maximum Gasteiger partial charge on any atom is 0.416 e. The van der Waals surface area contributed by atoms with Crippen LogP contribution in [0.4, 0.5) is 27.6 Å². The lowest BCUT2D eigenvalue weighted by Crippen LogP contribution is -2.08. The second-order valence-electron chi connectivity index (χ2n) is 4.33. The molecule has 21 heavy (non-hydrogen) atoms. The number of halogens is 5. The molecule has 0 atom stereocenters. The van der Waals surface area contributed by atoms with Gasteiger partial charge in [-0.3, -0.25) is 0 Å². The molecular formula is C14H10F5NO. The van der Waals surface area contributed by atoms with Crippen LogP contribution in [0.25, 0.3) is 0 Å². The largest absolute Gasteiger partial charge is 0.505 e. The molecule has 0 radical (unpaired) electrons. The summed E-state index contributed by atoms with van der Waals surface area (Å²) in [7, 11) is 0. The quantitative estimate of drug-likeness (QED) is 0.829. The Hall–Kier alpha value is -2.31. The first kappa shape index (κ1) is 15.1. The molecule has 2 nitrogen and oxygen atoms in total. The third kappa shape index (κ3) is 3.62. The van der Waals surface area contributed by atoms with E-state index < -0.39 is 29.1 Å². The summed E-state index contributed by atoms with van der Waals surface area (Å²) in [5.74, 6) is -2.25. The third-order valence-electron chi connectivity index (χ3n) is 2.79. The number of benzene rings is 2. The van der Waals surface area contributed by atoms with Crippen molar-refractivity contribution in [2.75, 3.05) is 5.32 Å². The minimum Gasteiger partial charge on any atom is -0.505 e. The highest BCUT2D eigenvalue weighted by Gasteiger charge is 2.31. The van der Waals surface area contributed by atoms with E-state index in [2.05, 4.69) is 5.32 Å². The average Bonchev–Trinajstić information content (AvgIpc) is 2.40. The number of phenols is 1. The zero-order valence-corrected chi connectivity index (χ0v) is 10.5. The Bertz CT molecular complexity index is 654. The van der Waals surface area contributed by atoms with Crippen LogP contribution < -0.4 is 5.32 Å². The molecular weight excluding hydrogens is 293 g/mol. The molecule has 0 aromatic heterocycles. The van der Waals surface area contributed by atoms with Crippen LogP contribution in [0.1, 0.15) is 11.1 Å². The SMILES string of the molecule is Oc1ccc(CNc2cc(C(F)(F)F)ccc2F)cc1F. The van der Waals surface area contributed by atoms with E-state index in [0.717, 1.165) is 12.1 Å². The first-order valence-corrected chi connectivity index (χ1v) is 5.85. The standard InChI is InChI=1S/C14H10F5NO/c15-10-3-2-9(14(17,18)19)6-12(10)20-7-8-1-4-13(21)11(16)5-8/h1-6,20-21H,7H2. The number of rotatable bonds is 3. The van der Waals surface area contributed by atoms with Crippen molar-refractivity contribution in [2.24, 2.45) is 0 Å². The molecule has 2 rings (SSSR count). The molecule has 0 aliphatic heterocycles. The molecule has 0 heterocycles. The van der Waals surface area contributed by atoms with E-state index in [1.165, 1.54) is 6.07 Å². The highest BCUT2D eigenvalue weighted by Crippen LogP contribution is 2.32. The van der Waals surface area contributed by atoms with Gasteiger partial charge in [-0.1, -0.05) is 6.07 Å². The van der Waals surface area contributed by atoms with E-state index >= 15 is 0 Å². The van der Waals surface area contributed by atoms with Crippen LogP contribution in [0.2, 0.25) is 0 Å². The smallest absolute Gasteiger partial charge is 0.416 e. The minimum atomic E-state index is -4.57. The fourth-order valence-electron chi connectivity index (χ4n) is 1.69. The van der Waals surface area contributed by atoms with Crippen molar-refractivity contribution in [2.45, 2.75) is 12.7 Å². The van der Waals surface area contributed by atoms with Crippen molar-refractivity contribution < 1.29 is 27.1 Å². The van der Waals surface area contributed by atoms with Crippen LogP contribution in [0.5, 0.6) is 5.75 Å². The van der Waals surface area contributed by atoms with E-state index in [0.29, 0.717) is 23.8 Å². The number of hydrogen-bond acceptors (Lipinski definition) is 2. The average molecular weight is 303 g/mol. The lowest BCUT2D eigenvalue weighted by atomic mass is 10.1. The normalized spacial score (nSPS) is 11.5. The zero-order valence-electron chi connectivity index (χ0n) is 10.5. The molecule has 112 valence electrons. The number of phenolic OH excluding ortho intramolecular Hbond substituents is 1. The Morgan fingerprint density at radius 1 is 0.952 bits per heavy atom. The van der Waals surface area contributed by atoms with Crippen molar-refractivity contribution in [1.29, 1.82) is 0 Å². The maximum atomic E-state index is 13.5. The van der Waals surface area contributed by atoms with Gasteiger partial charge < -0.3 is 10.4 Å². The molecule has 2 aromatic carbocycles. The summed E-state index contributed by atoms with van der Waals surface area (Å²) >= 11 is 0. The van der Waals surface area contributed by atoms with E-state index in [4.69, 9.17) is 5.11 Å². The van der Waals surface area contributed by atoms with Crippen LogP contribution in [-0.4, -0.2) is 5.11 Å². The lowest BCUT2D eigenvalue weighted by Gasteiger charge is -2.12. The van der Waals surface area contributed by atoms with Crippen molar-refractivity contribution >= 4 is 5.69 Å². The van der Waals surface area contributed by atoms with Gasteiger partial charge in [0.2, 0.25) is 0 Å². The summed E-state index contributed by atoms with van der Waals surface area (Å²) in [5.41, 5.74) is -0.969. The molecule has 0 fully saturated rings. The maximum absolute atomic E-state index is 13.5. The van der Waals surface area contributed by atoms with Crippen LogP contribution in [0.3, 0.4) is 0 Å². The summed E-state index contributed by atoms with van der Waals surface area (Å²) in [6, 6.07) is 5.48. The monoisotopic (exact) mass is 303 g/mol.